The first-order valence-electron chi connectivity index (χ1n) is 10.8. The number of hydrogen-bond acceptors (Lipinski definition) is 6. The Balaban J connectivity index is 1.63. The van der Waals surface area contributed by atoms with E-state index in [1.807, 2.05) is 0 Å². The molecule has 0 aromatic heterocycles. The van der Waals surface area contributed by atoms with Gasteiger partial charge in [-0.2, -0.15) is 0 Å². The molecule has 0 bridgehead atoms. The summed E-state index contributed by atoms with van der Waals surface area (Å²) in [5, 5.41) is 2.73. The molecule has 1 amide bonds. The second kappa shape index (κ2) is 9.75. The molecule has 1 N–H and O–H groups in total. The van der Waals surface area contributed by atoms with Gasteiger partial charge in [-0.1, -0.05) is 6.07 Å². The molecule has 0 atom stereocenters. The molecule has 0 radical (unpaired) electrons. The zero-order valence-electron chi connectivity index (χ0n) is 19.1. The van der Waals surface area contributed by atoms with Crippen LogP contribution in [-0.4, -0.2) is 40.6 Å². The van der Waals surface area contributed by atoms with Gasteiger partial charge in [-0.05, 0) is 67.9 Å². The van der Waals surface area contributed by atoms with Crippen molar-refractivity contribution < 1.29 is 31.9 Å². The lowest BCUT2D eigenvalue weighted by atomic mass is 10.1. The zero-order chi connectivity index (χ0) is 25.2. The molecule has 0 saturated carbocycles. The largest absolute Gasteiger partial charge is 0.496 e. The number of halogens is 1. The van der Waals surface area contributed by atoms with Gasteiger partial charge < -0.3 is 14.8 Å². The highest BCUT2D eigenvalue weighted by Crippen LogP contribution is 2.39. The van der Waals surface area contributed by atoms with E-state index in [9.17, 15) is 22.4 Å². The van der Waals surface area contributed by atoms with E-state index in [2.05, 4.69) is 5.32 Å². The highest BCUT2D eigenvalue weighted by molar-refractivity contribution is 7.92. The first-order chi connectivity index (χ1) is 16.7. The zero-order valence-corrected chi connectivity index (χ0v) is 19.9. The molecule has 35 heavy (non-hydrogen) atoms. The smallest absolute Gasteiger partial charge is 0.338 e. The Kier molecular flexibility index (Phi) is 6.74. The Morgan fingerprint density at radius 1 is 1.06 bits per heavy atom. The van der Waals surface area contributed by atoms with Crippen molar-refractivity contribution in [3.63, 3.8) is 0 Å². The Bertz CT molecular complexity index is 1390. The number of rotatable bonds is 7. The fourth-order valence-electron chi connectivity index (χ4n) is 3.86. The topological polar surface area (TPSA) is 102 Å². The monoisotopic (exact) mass is 498 g/mol. The molecule has 0 unspecified atom stereocenters. The SMILES string of the molecule is CCOC(=O)c1ccc(NC(=O)c2cc(OC)c3c(c2)N(S(=O)(=O)c2cccc(F)c2)CC3)cc1. The van der Waals surface area contributed by atoms with Crippen LogP contribution in [0.4, 0.5) is 15.8 Å². The van der Waals surface area contributed by atoms with E-state index in [0.29, 0.717) is 34.7 Å². The Morgan fingerprint density at radius 2 is 1.80 bits per heavy atom. The first kappa shape index (κ1) is 24.2. The molecular weight excluding hydrogens is 475 g/mol. The third-order valence-electron chi connectivity index (χ3n) is 5.54. The van der Waals surface area contributed by atoms with Crippen LogP contribution < -0.4 is 14.4 Å². The van der Waals surface area contributed by atoms with Gasteiger partial charge in [-0.3, -0.25) is 9.10 Å². The minimum Gasteiger partial charge on any atom is -0.496 e. The van der Waals surface area contributed by atoms with Crippen molar-refractivity contribution in [2.45, 2.75) is 18.2 Å². The second-order valence-electron chi connectivity index (χ2n) is 7.71. The summed E-state index contributed by atoms with van der Waals surface area (Å²) >= 11 is 0. The number of carbonyl (C=O) groups excluding carboxylic acids is 2. The van der Waals surface area contributed by atoms with Gasteiger partial charge in [0.05, 0.1) is 29.9 Å². The highest BCUT2D eigenvalue weighted by atomic mass is 32.2. The van der Waals surface area contributed by atoms with Crippen molar-refractivity contribution in [1.82, 2.24) is 0 Å². The molecule has 3 aromatic carbocycles. The van der Waals surface area contributed by atoms with E-state index in [4.69, 9.17) is 9.47 Å². The van der Waals surface area contributed by atoms with E-state index < -0.39 is 27.7 Å². The lowest BCUT2D eigenvalue weighted by Crippen LogP contribution is -2.29. The molecule has 1 heterocycles. The average molecular weight is 499 g/mol. The lowest BCUT2D eigenvalue weighted by Gasteiger charge is -2.21. The van der Waals surface area contributed by atoms with Crippen molar-refractivity contribution in [1.29, 1.82) is 0 Å². The number of carbonyl (C=O) groups is 2. The molecule has 1 aliphatic rings. The minimum absolute atomic E-state index is 0.130. The number of anilines is 2. The fraction of sp³-hybridized carbons (Fsp3) is 0.200. The van der Waals surface area contributed by atoms with E-state index in [1.54, 1.807) is 25.1 Å². The standard InChI is InChI=1S/C25H23FN2O6S/c1-3-34-25(30)16-7-9-19(10-8-16)27-24(29)17-13-22-21(23(14-17)33-2)11-12-28(22)35(31,32)20-6-4-5-18(26)15-20/h4-10,13-15H,3,11-12H2,1-2H3,(H,27,29). The quantitative estimate of drug-likeness (QED) is 0.494. The van der Waals surface area contributed by atoms with E-state index in [1.165, 1.54) is 43.5 Å². The van der Waals surface area contributed by atoms with E-state index in [0.717, 1.165) is 10.4 Å². The molecule has 10 heteroatoms. The summed E-state index contributed by atoms with van der Waals surface area (Å²) < 4.78 is 51.7. The summed E-state index contributed by atoms with van der Waals surface area (Å²) in [5.74, 6) is -1.24. The van der Waals surface area contributed by atoms with Gasteiger partial charge in [0.1, 0.15) is 11.6 Å². The Morgan fingerprint density at radius 3 is 2.46 bits per heavy atom. The fourth-order valence-corrected chi connectivity index (χ4v) is 5.38. The maximum absolute atomic E-state index is 13.7. The van der Waals surface area contributed by atoms with Gasteiger partial charge in [-0.15, -0.1) is 0 Å². The van der Waals surface area contributed by atoms with Crippen LogP contribution in [0.15, 0.2) is 65.6 Å². The molecule has 4 rings (SSSR count). The lowest BCUT2D eigenvalue weighted by molar-refractivity contribution is 0.0526. The maximum atomic E-state index is 13.7. The predicted molar refractivity (Wildman–Crippen MR) is 128 cm³/mol. The number of amides is 1. The summed E-state index contributed by atoms with van der Waals surface area (Å²) in [6.07, 6.45) is 0.379. The van der Waals surface area contributed by atoms with Gasteiger partial charge in [0.2, 0.25) is 0 Å². The molecule has 1 aliphatic heterocycles. The molecular formula is C25H23FN2O6S. The van der Waals surface area contributed by atoms with Crippen molar-refractivity contribution >= 4 is 33.3 Å². The molecule has 182 valence electrons. The molecule has 8 nitrogen and oxygen atoms in total. The highest BCUT2D eigenvalue weighted by Gasteiger charge is 2.34. The first-order valence-corrected chi connectivity index (χ1v) is 12.3. The summed E-state index contributed by atoms with van der Waals surface area (Å²) in [6.45, 7) is 2.09. The average Bonchev–Trinajstić information content (AvgIpc) is 3.29. The van der Waals surface area contributed by atoms with E-state index in [-0.39, 0.29) is 23.6 Å². The van der Waals surface area contributed by atoms with Gasteiger partial charge in [-0.25, -0.2) is 17.6 Å². The number of nitrogens with zero attached hydrogens (tertiary/aromatic N) is 1. The van der Waals surface area contributed by atoms with Gasteiger partial charge >= 0.3 is 5.97 Å². The van der Waals surface area contributed by atoms with Crippen LogP contribution in [0.25, 0.3) is 0 Å². The Hall–Kier alpha value is -3.92. The number of nitrogens with one attached hydrogen (secondary N) is 1. The number of esters is 1. The summed E-state index contributed by atoms with van der Waals surface area (Å²) in [6, 6.07) is 14.0. The molecule has 3 aromatic rings. The number of benzene rings is 3. The van der Waals surface area contributed by atoms with Crippen LogP contribution in [-0.2, 0) is 21.2 Å². The van der Waals surface area contributed by atoms with Crippen LogP contribution in [0.1, 0.15) is 33.2 Å². The minimum atomic E-state index is -4.06. The van der Waals surface area contributed by atoms with Crippen LogP contribution in [0.5, 0.6) is 5.75 Å². The van der Waals surface area contributed by atoms with Crippen molar-refractivity contribution in [2.75, 3.05) is 29.9 Å². The van der Waals surface area contributed by atoms with Crippen molar-refractivity contribution in [2.24, 2.45) is 0 Å². The summed E-state index contributed by atoms with van der Waals surface area (Å²) in [4.78, 5) is 24.6. The second-order valence-corrected chi connectivity index (χ2v) is 9.57. The number of hydrogen-bond donors (Lipinski definition) is 1. The Labute approximate surface area is 202 Å². The summed E-state index contributed by atoms with van der Waals surface area (Å²) in [5.41, 5.74) is 1.91. The predicted octanol–water partition coefficient (Wildman–Crippen LogP) is 4.01. The third-order valence-corrected chi connectivity index (χ3v) is 7.35. The number of fused-ring (bicyclic) bond motifs is 1. The molecule has 0 fully saturated rings. The molecule has 0 saturated heterocycles. The number of methoxy groups -OCH3 is 1. The van der Waals surface area contributed by atoms with Gasteiger partial charge in [0.15, 0.2) is 0 Å². The van der Waals surface area contributed by atoms with Crippen LogP contribution in [0.3, 0.4) is 0 Å². The van der Waals surface area contributed by atoms with Crippen LogP contribution in [0, 0.1) is 5.82 Å². The third kappa shape index (κ3) is 4.83. The van der Waals surface area contributed by atoms with Crippen LogP contribution >= 0.6 is 0 Å². The normalized spacial score (nSPS) is 12.7. The van der Waals surface area contributed by atoms with Crippen molar-refractivity contribution in [3.8, 4) is 5.75 Å². The molecule has 0 aliphatic carbocycles. The van der Waals surface area contributed by atoms with Crippen LogP contribution in [0.2, 0.25) is 0 Å². The van der Waals surface area contributed by atoms with Gasteiger partial charge in [0, 0.05) is 23.4 Å². The number of sulfonamides is 1. The van der Waals surface area contributed by atoms with E-state index >= 15 is 0 Å². The maximum Gasteiger partial charge on any atom is 0.338 e. The number of ether oxygens (including phenoxy) is 2. The van der Waals surface area contributed by atoms with Gasteiger partial charge in [0.25, 0.3) is 15.9 Å². The molecule has 0 spiro atoms. The summed E-state index contributed by atoms with van der Waals surface area (Å²) in [7, 11) is -2.62. The van der Waals surface area contributed by atoms with Crippen molar-refractivity contribution in [3.05, 3.63) is 83.2 Å².